The number of aliphatic hydroxyl groups excluding tert-OH is 1. The molecule has 2 N–H and O–H groups in total. The molecule has 0 spiro atoms. The molecule has 9 nitrogen and oxygen atoms in total. The van der Waals surface area contributed by atoms with Crippen LogP contribution in [0.4, 0.5) is 5.95 Å². The molecule has 1 atom stereocenters. The van der Waals surface area contributed by atoms with E-state index in [1.807, 2.05) is 13.0 Å². The topological polar surface area (TPSA) is 95.3 Å². The minimum absolute atomic E-state index is 0.216. The molecular formula is C21H30N6O3. The maximum absolute atomic E-state index is 10.7. The van der Waals surface area contributed by atoms with Gasteiger partial charge in [-0.25, -0.2) is 9.97 Å². The number of aliphatic imine (C=N–C) groups is 1. The number of anilines is 1. The first kappa shape index (κ1) is 21.6. The number of hydrogen-bond donors (Lipinski definition) is 2. The number of ether oxygens (including phenoxy) is 2. The minimum atomic E-state index is -0.803. The second-order valence-electron chi connectivity index (χ2n) is 6.84. The lowest BCUT2D eigenvalue weighted by Gasteiger charge is -2.36. The van der Waals surface area contributed by atoms with Gasteiger partial charge in [0.1, 0.15) is 17.6 Å². The van der Waals surface area contributed by atoms with E-state index in [1.54, 1.807) is 44.8 Å². The van der Waals surface area contributed by atoms with Crippen molar-refractivity contribution in [1.82, 2.24) is 20.2 Å². The van der Waals surface area contributed by atoms with Crippen LogP contribution in [0.15, 0.2) is 41.7 Å². The average Bonchev–Trinajstić information content (AvgIpc) is 2.81. The van der Waals surface area contributed by atoms with Gasteiger partial charge in [-0.15, -0.1) is 0 Å². The lowest BCUT2D eigenvalue weighted by atomic mass is 10.1. The number of rotatable bonds is 7. The highest BCUT2D eigenvalue weighted by Gasteiger charge is 2.22. The van der Waals surface area contributed by atoms with Gasteiger partial charge in [0.2, 0.25) is 5.95 Å². The molecule has 1 saturated heterocycles. The van der Waals surface area contributed by atoms with Crippen LogP contribution < -0.4 is 19.7 Å². The highest BCUT2D eigenvalue weighted by molar-refractivity contribution is 5.80. The standard InChI is InChI=1S/C21H30N6O3/c1-4-22-20(26-10-12-27(13-11-26)21-23-8-5-9-24-21)25-15-18(28)17-14-16(29-2)6-7-19(17)30-3/h5-9,14,18,28H,4,10-13,15H2,1-3H3,(H,22,25). The van der Waals surface area contributed by atoms with Crippen molar-refractivity contribution in [3.8, 4) is 11.5 Å². The van der Waals surface area contributed by atoms with Crippen molar-refractivity contribution in [3.63, 3.8) is 0 Å². The number of piperazine rings is 1. The fraction of sp³-hybridized carbons (Fsp3) is 0.476. The summed E-state index contributed by atoms with van der Waals surface area (Å²) in [6.45, 7) is 6.20. The van der Waals surface area contributed by atoms with Gasteiger partial charge in [0, 0.05) is 50.7 Å². The number of guanidine groups is 1. The van der Waals surface area contributed by atoms with Crippen molar-refractivity contribution in [1.29, 1.82) is 0 Å². The number of nitrogens with one attached hydrogen (secondary N) is 1. The first-order chi connectivity index (χ1) is 14.7. The lowest BCUT2D eigenvalue weighted by molar-refractivity contribution is 0.181. The number of methoxy groups -OCH3 is 2. The van der Waals surface area contributed by atoms with Crippen LogP contribution in [0, 0.1) is 0 Å². The van der Waals surface area contributed by atoms with Crippen LogP contribution in [-0.4, -0.2) is 79.4 Å². The molecule has 3 rings (SSSR count). The number of aliphatic hydroxyl groups is 1. The maximum atomic E-state index is 10.7. The molecule has 1 fully saturated rings. The van der Waals surface area contributed by atoms with E-state index in [0.29, 0.717) is 17.1 Å². The minimum Gasteiger partial charge on any atom is -0.497 e. The quantitative estimate of drug-likeness (QED) is 0.517. The van der Waals surface area contributed by atoms with E-state index in [9.17, 15) is 5.11 Å². The van der Waals surface area contributed by atoms with Gasteiger partial charge in [-0.05, 0) is 31.2 Å². The zero-order chi connectivity index (χ0) is 21.3. The third-order valence-corrected chi connectivity index (χ3v) is 4.96. The lowest BCUT2D eigenvalue weighted by Crippen LogP contribution is -2.53. The number of nitrogens with zero attached hydrogens (tertiary/aromatic N) is 5. The van der Waals surface area contributed by atoms with Gasteiger partial charge in [-0.2, -0.15) is 0 Å². The van der Waals surface area contributed by atoms with Gasteiger partial charge in [-0.1, -0.05) is 0 Å². The first-order valence-corrected chi connectivity index (χ1v) is 10.1. The summed E-state index contributed by atoms with van der Waals surface area (Å²) in [7, 11) is 3.18. The van der Waals surface area contributed by atoms with Crippen molar-refractivity contribution in [3.05, 3.63) is 42.2 Å². The summed E-state index contributed by atoms with van der Waals surface area (Å²) in [6.07, 6.45) is 2.71. The van der Waals surface area contributed by atoms with Crippen molar-refractivity contribution in [2.45, 2.75) is 13.0 Å². The Bertz CT molecular complexity index is 825. The molecule has 9 heteroatoms. The molecule has 1 unspecified atom stereocenters. The zero-order valence-corrected chi connectivity index (χ0v) is 17.8. The zero-order valence-electron chi connectivity index (χ0n) is 17.8. The molecule has 2 heterocycles. The molecule has 1 aliphatic heterocycles. The summed E-state index contributed by atoms with van der Waals surface area (Å²) in [4.78, 5) is 17.7. The highest BCUT2D eigenvalue weighted by Crippen LogP contribution is 2.29. The van der Waals surface area contributed by atoms with E-state index in [1.165, 1.54) is 0 Å². The molecular weight excluding hydrogens is 384 g/mol. The molecule has 30 heavy (non-hydrogen) atoms. The molecule has 0 saturated carbocycles. The van der Waals surface area contributed by atoms with Gasteiger partial charge in [0.25, 0.3) is 0 Å². The predicted octanol–water partition coefficient (Wildman–Crippen LogP) is 1.31. The van der Waals surface area contributed by atoms with Crippen LogP contribution in [0.3, 0.4) is 0 Å². The van der Waals surface area contributed by atoms with Gasteiger partial charge in [0.15, 0.2) is 5.96 Å². The molecule has 1 aliphatic rings. The fourth-order valence-electron chi connectivity index (χ4n) is 3.37. The van der Waals surface area contributed by atoms with Crippen LogP contribution >= 0.6 is 0 Å². The normalized spacial score (nSPS) is 15.7. The number of benzene rings is 1. The average molecular weight is 415 g/mol. The molecule has 1 aromatic carbocycles. The van der Waals surface area contributed by atoms with Crippen molar-refractivity contribution in [2.24, 2.45) is 4.99 Å². The summed E-state index contributed by atoms with van der Waals surface area (Å²) in [5, 5.41) is 14.1. The summed E-state index contributed by atoms with van der Waals surface area (Å²) in [5.74, 6) is 2.81. The predicted molar refractivity (Wildman–Crippen MR) is 116 cm³/mol. The van der Waals surface area contributed by atoms with Crippen LogP contribution in [0.25, 0.3) is 0 Å². The van der Waals surface area contributed by atoms with E-state index in [-0.39, 0.29) is 6.54 Å². The third kappa shape index (κ3) is 5.29. The largest absolute Gasteiger partial charge is 0.497 e. The Morgan fingerprint density at radius 2 is 1.90 bits per heavy atom. The maximum Gasteiger partial charge on any atom is 0.225 e. The van der Waals surface area contributed by atoms with E-state index in [0.717, 1.165) is 44.6 Å². The second kappa shape index (κ2) is 10.6. The van der Waals surface area contributed by atoms with E-state index in [2.05, 4.69) is 30.1 Å². The summed E-state index contributed by atoms with van der Waals surface area (Å²) in [6, 6.07) is 7.19. The van der Waals surface area contributed by atoms with Crippen LogP contribution in [0.1, 0.15) is 18.6 Å². The molecule has 2 aromatic rings. The molecule has 0 aliphatic carbocycles. The van der Waals surface area contributed by atoms with Crippen molar-refractivity contribution < 1.29 is 14.6 Å². The van der Waals surface area contributed by atoms with Gasteiger partial charge >= 0.3 is 0 Å². The third-order valence-electron chi connectivity index (χ3n) is 4.96. The molecule has 0 radical (unpaired) electrons. The molecule has 162 valence electrons. The van der Waals surface area contributed by atoms with Crippen LogP contribution in [-0.2, 0) is 0 Å². The SMILES string of the molecule is CCNC(=NCC(O)c1cc(OC)ccc1OC)N1CCN(c2ncccn2)CC1. The highest BCUT2D eigenvalue weighted by atomic mass is 16.5. The Morgan fingerprint density at radius 1 is 1.17 bits per heavy atom. The second-order valence-corrected chi connectivity index (χ2v) is 6.84. The smallest absolute Gasteiger partial charge is 0.225 e. The first-order valence-electron chi connectivity index (χ1n) is 10.1. The monoisotopic (exact) mass is 414 g/mol. The van der Waals surface area contributed by atoms with E-state index in [4.69, 9.17) is 9.47 Å². The fourth-order valence-corrected chi connectivity index (χ4v) is 3.37. The Morgan fingerprint density at radius 3 is 2.53 bits per heavy atom. The molecule has 0 amide bonds. The van der Waals surface area contributed by atoms with E-state index < -0.39 is 6.10 Å². The molecule has 1 aromatic heterocycles. The van der Waals surface area contributed by atoms with Crippen LogP contribution in [0.2, 0.25) is 0 Å². The van der Waals surface area contributed by atoms with Gasteiger partial charge in [-0.3, -0.25) is 4.99 Å². The summed E-state index contributed by atoms with van der Waals surface area (Å²) in [5.41, 5.74) is 0.655. The Kier molecular flexibility index (Phi) is 7.67. The van der Waals surface area contributed by atoms with E-state index >= 15 is 0 Å². The summed E-state index contributed by atoms with van der Waals surface area (Å²) < 4.78 is 10.7. The van der Waals surface area contributed by atoms with Gasteiger partial charge < -0.3 is 29.7 Å². The van der Waals surface area contributed by atoms with Gasteiger partial charge in [0.05, 0.1) is 20.8 Å². The molecule has 0 bridgehead atoms. The summed E-state index contributed by atoms with van der Waals surface area (Å²) >= 11 is 0. The number of aromatic nitrogens is 2. The van der Waals surface area contributed by atoms with Crippen LogP contribution in [0.5, 0.6) is 11.5 Å². The van der Waals surface area contributed by atoms with Crippen molar-refractivity contribution in [2.75, 3.05) is 58.4 Å². The Labute approximate surface area is 177 Å². The Hall–Kier alpha value is -3.07. The van der Waals surface area contributed by atoms with Crippen molar-refractivity contribution >= 4 is 11.9 Å². The number of hydrogen-bond acceptors (Lipinski definition) is 7. The Balaban J connectivity index is 1.66.